The van der Waals surface area contributed by atoms with Crippen molar-refractivity contribution in [2.24, 2.45) is 0 Å². The van der Waals surface area contributed by atoms with E-state index in [-0.39, 0.29) is 0 Å². The molecule has 0 atom stereocenters. The molecule has 6 aromatic heterocycles. The van der Waals surface area contributed by atoms with Gasteiger partial charge in [-0.15, -0.1) is 0 Å². The molecule has 0 saturated carbocycles. The average Bonchev–Trinajstić information content (AvgIpc) is 1.55. The highest BCUT2D eigenvalue weighted by atomic mass is 16.3. The number of hydrogen-bond acceptors (Lipinski definition) is 2. The van der Waals surface area contributed by atoms with Gasteiger partial charge < -0.3 is 27.1 Å². The van der Waals surface area contributed by atoms with Crippen LogP contribution < -0.4 is 0 Å². The molecule has 6 nitrogen and oxygen atoms in total. The van der Waals surface area contributed by atoms with Crippen molar-refractivity contribution in [3.05, 3.63) is 340 Å². The van der Waals surface area contributed by atoms with Crippen LogP contribution in [0.1, 0.15) is 0 Å². The van der Waals surface area contributed by atoms with E-state index >= 15 is 0 Å². The van der Waals surface area contributed by atoms with E-state index in [0.29, 0.717) is 0 Å². The number of fused-ring (bicyclic) bond motifs is 20. The topological polar surface area (TPSA) is 46.0 Å². The van der Waals surface area contributed by atoms with Crippen LogP contribution in [0.15, 0.2) is 349 Å². The number of rotatable bonds is 7. The zero-order valence-corrected chi connectivity index (χ0v) is 51.9. The summed E-state index contributed by atoms with van der Waals surface area (Å²) in [7, 11) is 0. The van der Waals surface area contributed by atoms with Crippen LogP contribution in [0.4, 0.5) is 0 Å². The number of benzene rings is 15. The highest BCUT2D eigenvalue weighted by molar-refractivity contribution is 6.28. The van der Waals surface area contributed by atoms with Crippen molar-refractivity contribution in [1.82, 2.24) is 18.3 Å². The second kappa shape index (κ2) is 21.3. The van der Waals surface area contributed by atoms with Crippen LogP contribution in [-0.2, 0) is 0 Å². The van der Waals surface area contributed by atoms with Gasteiger partial charge in [-0.1, -0.05) is 231 Å². The van der Waals surface area contributed by atoms with Gasteiger partial charge in [-0.3, -0.25) is 0 Å². The van der Waals surface area contributed by atoms with Crippen LogP contribution in [0.5, 0.6) is 0 Å². The minimum atomic E-state index is 0.893. The molecule has 15 aromatic carbocycles. The monoisotopic (exact) mass is 1220 g/mol. The lowest BCUT2D eigenvalue weighted by Crippen LogP contribution is -1.96. The van der Waals surface area contributed by atoms with Gasteiger partial charge in [0.25, 0.3) is 0 Å². The summed E-state index contributed by atoms with van der Waals surface area (Å²) in [6.45, 7) is 0. The van der Waals surface area contributed by atoms with Gasteiger partial charge in [0.2, 0.25) is 0 Å². The molecule has 6 heteroatoms. The zero-order chi connectivity index (χ0) is 63.0. The first-order valence-corrected chi connectivity index (χ1v) is 32.8. The highest BCUT2D eigenvalue weighted by Gasteiger charge is 2.24. The Kier molecular flexibility index (Phi) is 11.9. The fourth-order valence-electron chi connectivity index (χ4n) is 15.6. The van der Waals surface area contributed by atoms with Crippen LogP contribution >= 0.6 is 0 Å². The maximum atomic E-state index is 6.35. The Balaban J connectivity index is 0.000000132. The molecular formula is C90H56N4O2. The first-order chi connectivity index (χ1) is 47.6. The zero-order valence-electron chi connectivity index (χ0n) is 51.9. The standard InChI is InChI=1S/C48H30N2O.C42H26N2O/c1-2-10-31(11-3-1)32-18-20-33(21-19-32)34-22-24-35(25-23-34)50-42-15-7-4-12-37(42)40-28-29-44-47(48(40)50)41-14-5-8-16-43(41)49(44)36-26-27-39-38-13-6-9-17-45(38)51-46(39)30-36;1-2-11-27(12-3-1)28-13-10-14-29(25-28)44-36-18-7-4-15-31(36)34-23-24-38-41(42(34)44)35-17-5-8-19-37(35)43(38)30-21-22-33-32-16-6-9-20-39(32)45-40(33)26-30/h1-30H;1-26H. The molecule has 0 amide bonds. The van der Waals surface area contributed by atoms with E-state index < -0.39 is 0 Å². The van der Waals surface area contributed by atoms with Gasteiger partial charge in [0.1, 0.15) is 22.3 Å². The summed E-state index contributed by atoms with van der Waals surface area (Å²) in [5, 5.41) is 14.5. The van der Waals surface area contributed by atoms with Gasteiger partial charge in [0.05, 0.1) is 44.1 Å². The van der Waals surface area contributed by atoms with Gasteiger partial charge in [0.15, 0.2) is 0 Å². The molecule has 0 aliphatic carbocycles. The number of para-hydroxylation sites is 6. The number of hydrogen-bond donors (Lipinski definition) is 0. The summed E-state index contributed by atoms with van der Waals surface area (Å²) in [5.74, 6) is 0. The van der Waals surface area contributed by atoms with Crippen molar-refractivity contribution in [2.45, 2.75) is 0 Å². The molecule has 0 saturated heterocycles. The predicted molar refractivity (Wildman–Crippen MR) is 401 cm³/mol. The van der Waals surface area contributed by atoms with Gasteiger partial charge in [-0.2, -0.15) is 0 Å². The molecule has 21 aromatic rings. The normalized spacial score (nSPS) is 12.0. The molecule has 96 heavy (non-hydrogen) atoms. The Morgan fingerprint density at radius 3 is 0.969 bits per heavy atom. The third kappa shape index (κ3) is 8.25. The summed E-state index contributed by atoms with van der Waals surface area (Å²) >= 11 is 0. The molecule has 448 valence electrons. The predicted octanol–water partition coefficient (Wildman–Crippen LogP) is 24.6. The van der Waals surface area contributed by atoms with Crippen LogP contribution in [0, 0.1) is 0 Å². The Bertz CT molecular complexity index is 6670. The summed E-state index contributed by atoms with van der Waals surface area (Å²) in [6.07, 6.45) is 0. The molecular weight excluding hydrogens is 1170 g/mol. The lowest BCUT2D eigenvalue weighted by Gasteiger charge is -2.12. The van der Waals surface area contributed by atoms with Crippen molar-refractivity contribution in [3.8, 4) is 56.1 Å². The summed E-state index contributed by atoms with van der Waals surface area (Å²) in [6, 6.07) is 122. The van der Waals surface area contributed by atoms with Gasteiger partial charge in [0, 0.05) is 99.5 Å². The number of nitrogens with zero attached hydrogens (tertiary/aromatic N) is 4. The minimum Gasteiger partial charge on any atom is -0.456 e. The maximum absolute atomic E-state index is 6.35. The second-order valence-corrected chi connectivity index (χ2v) is 25.1. The van der Waals surface area contributed by atoms with Crippen molar-refractivity contribution in [3.63, 3.8) is 0 Å². The number of furan rings is 2. The summed E-state index contributed by atoms with van der Waals surface area (Å²) < 4.78 is 22.4. The van der Waals surface area contributed by atoms with E-state index in [1.807, 2.05) is 24.3 Å². The van der Waals surface area contributed by atoms with Crippen LogP contribution in [0.2, 0.25) is 0 Å². The van der Waals surface area contributed by atoms with Crippen molar-refractivity contribution in [1.29, 1.82) is 0 Å². The molecule has 0 radical (unpaired) electrons. The van der Waals surface area contributed by atoms with Crippen molar-refractivity contribution < 1.29 is 8.83 Å². The smallest absolute Gasteiger partial charge is 0.137 e. The van der Waals surface area contributed by atoms with Gasteiger partial charge >= 0.3 is 0 Å². The van der Waals surface area contributed by atoms with Crippen LogP contribution in [0.25, 0.3) is 187 Å². The lowest BCUT2D eigenvalue weighted by molar-refractivity contribution is 0.668. The fraction of sp³-hybridized carbons (Fsp3) is 0. The molecule has 21 rings (SSSR count). The molecule has 0 fully saturated rings. The quantitative estimate of drug-likeness (QED) is 0.160. The minimum absolute atomic E-state index is 0.893. The Morgan fingerprint density at radius 2 is 0.490 bits per heavy atom. The molecule has 0 unspecified atom stereocenters. The third-order valence-corrected chi connectivity index (χ3v) is 19.8. The van der Waals surface area contributed by atoms with E-state index in [1.54, 1.807) is 0 Å². The number of aromatic nitrogens is 4. The van der Waals surface area contributed by atoms with E-state index in [4.69, 9.17) is 8.83 Å². The van der Waals surface area contributed by atoms with E-state index in [9.17, 15) is 0 Å². The van der Waals surface area contributed by atoms with Gasteiger partial charge in [-0.25, -0.2) is 0 Å². The second-order valence-electron chi connectivity index (χ2n) is 25.1. The van der Waals surface area contributed by atoms with Crippen LogP contribution in [-0.4, -0.2) is 18.3 Å². The Hall–Kier alpha value is -12.9. The Labute approximate surface area is 550 Å². The first-order valence-electron chi connectivity index (χ1n) is 32.8. The fourth-order valence-corrected chi connectivity index (χ4v) is 15.6. The molecule has 0 bridgehead atoms. The average molecular weight is 1230 g/mol. The van der Waals surface area contributed by atoms with Crippen molar-refractivity contribution >= 4 is 131 Å². The van der Waals surface area contributed by atoms with E-state index in [2.05, 4.69) is 334 Å². The molecule has 0 spiro atoms. The third-order valence-electron chi connectivity index (χ3n) is 19.8. The van der Waals surface area contributed by atoms with Crippen molar-refractivity contribution in [2.75, 3.05) is 0 Å². The molecule has 0 N–H and O–H groups in total. The maximum Gasteiger partial charge on any atom is 0.137 e. The highest BCUT2D eigenvalue weighted by Crippen LogP contribution is 2.46. The first kappa shape index (κ1) is 53.7. The molecule has 0 aliphatic heterocycles. The summed E-state index contributed by atoms with van der Waals surface area (Å²) in [5.41, 5.74) is 24.8. The lowest BCUT2D eigenvalue weighted by atomic mass is 10.0. The molecule has 6 heterocycles. The SMILES string of the molecule is c1ccc(-c2ccc(-c3ccc(-n4c5ccccc5c5ccc6c(c7ccccc7n6-c6ccc7c(c6)oc6ccccc67)c54)cc3)cc2)cc1.c1ccc(-c2cccc(-n3c4ccccc4c4ccc5c(c6ccccc6n5-c5ccc6c(c5)oc5ccccc56)c43)c2)cc1. The van der Waals surface area contributed by atoms with E-state index in [1.165, 1.54) is 121 Å². The largest absolute Gasteiger partial charge is 0.456 e. The summed E-state index contributed by atoms with van der Waals surface area (Å²) in [4.78, 5) is 0. The van der Waals surface area contributed by atoms with E-state index in [0.717, 1.165) is 66.6 Å². The van der Waals surface area contributed by atoms with Crippen LogP contribution in [0.3, 0.4) is 0 Å². The van der Waals surface area contributed by atoms with Gasteiger partial charge in [-0.05, 0) is 130 Å². The molecule has 0 aliphatic rings. The Morgan fingerprint density at radius 1 is 0.167 bits per heavy atom.